The molecule has 54 heavy (non-hydrogen) atoms. The number of carbonyl (C=O) groups excluding carboxylic acids is 1. The number of alkyl halides is 3. The Labute approximate surface area is 316 Å². The van der Waals surface area contributed by atoms with Crippen LogP contribution in [0.4, 0.5) is 24.5 Å². The number of esters is 1. The number of benzene rings is 2. The minimum atomic E-state index is -4.48. The first-order valence-electron chi connectivity index (χ1n) is 18.4. The third-order valence-electron chi connectivity index (χ3n) is 7.07. The molecule has 0 atom stereocenters. The second-order valence-electron chi connectivity index (χ2n) is 11.4. The van der Waals surface area contributed by atoms with Gasteiger partial charge in [0.15, 0.2) is 0 Å². The summed E-state index contributed by atoms with van der Waals surface area (Å²) in [5, 5.41) is 2.86. The molecule has 0 aromatic heterocycles. The molecule has 308 valence electrons. The van der Waals surface area contributed by atoms with Gasteiger partial charge in [-0.3, -0.25) is 0 Å². The highest BCUT2D eigenvalue weighted by atomic mass is 19.4. The van der Waals surface area contributed by atoms with Crippen molar-refractivity contribution in [3.63, 3.8) is 0 Å². The van der Waals surface area contributed by atoms with E-state index in [2.05, 4.69) is 12.2 Å². The number of ether oxygens (including phenoxy) is 11. The van der Waals surface area contributed by atoms with Crippen LogP contribution in [-0.4, -0.2) is 145 Å². The van der Waals surface area contributed by atoms with Crippen LogP contribution in [0, 0.1) is 0 Å². The number of hydrogen-bond donors (Lipinski definition) is 1. The molecule has 1 N–H and O–H groups in total. The fraction of sp³-hybridized carbons (Fsp3) is 0.658. The van der Waals surface area contributed by atoms with Gasteiger partial charge in [0.05, 0.1) is 142 Å². The van der Waals surface area contributed by atoms with Crippen molar-refractivity contribution in [2.24, 2.45) is 0 Å². The fourth-order valence-corrected chi connectivity index (χ4v) is 4.30. The number of anilines is 2. The van der Waals surface area contributed by atoms with Gasteiger partial charge in [0.1, 0.15) is 6.61 Å². The van der Waals surface area contributed by atoms with Gasteiger partial charge in [-0.25, -0.2) is 4.79 Å². The summed E-state index contributed by atoms with van der Waals surface area (Å²) in [6, 6.07) is 11.1. The second-order valence-corrected chi connectivity index (χ2v) is 11.4. The van der Waals surface area contributed by atoms with Crippen molar-refractivity contribution in [2.75, 3.05) is 144 Å². The van der Waals surface area contributed by atoms with E-state index in [1.807, 2.05) is 0 Å². The average molecular weight is 778 g/mol. The first-order valence-corrected chi connectivity index (χ1v) is 18.4. The van der Waals surface area contributed by atoms with E-state index in [1.54, 1.807) is 18.2 Å². The summed E-state index contributed by atoms with van der Waals surface area (Å²) in [7, 11) is 0. The molecule has 16 heteroatoms. The number of hydrogen-bond acceptors (Lipinski definition) is 13. The van der Waals surface area contributed by atoms with E-state index in [9.17, 15) is 18.0 Å². The lowest BCUT2D eigenvalue weighted by molar-refractivity contribution is -0.137. The molecule has 0 amide bonds. The molecule has 0 heterocycles. The standard InChI is InChI=1S/C38H58F3NO12/c1-2-3-11-44-12-13-45-14-15-46-16-17-47-18-19-48-20-21-49-22-23-50-24-25-51-26-27-52-28-29-53-30-31-54-37(43)35-9-4-5-10-36(35)42-34-8-6-7-33(32-34)38(39,40)41/h4-10,32,42H,2-3,11-31H2,1H3. The van der Waals surface area contributed by atoms with Crippen molar-refractivity contribution in [3.05, 3.63) is 59.7 Å². The molecule has 0 aliphatic carbocycles. The molecule has 13 nitrogen and oxygen atoms in total. The lowest BCUT2D eigenvalue weighted by Crippen LogP contribution is -2.16. The zero-order chi connectivity index (χ0) is 38.8. The number of carbonyl (C=O) groups is 1. The summed E-state index contributed by atoms with van der Waals surface area (Å²) in [5.41, 5.74) is -0.0880. The fourth-order valence-electron chi connectivity index (χ4n) is 4.30. The van der Waals surface area contributed by atoms with Crippen molar-refractivity contribution in [1.29, 1.82) is 0 Å². The predicted octanol–water partition coefficient (Wildman–Crippen LogP) is 5.57. The van der Waals surface area contributed by atoms with Gasteiger partial charge >= 0.3 is 12.1 Å². The highest BCUT2D eigenvalue weighted by Gasteiger charge is 2.30. The molecule has 2 aromatic rings. The molecule has 0 radical (unpaired) electrons. The van der Waals surface area contributed by atoms with Crippen LogP contribution in [0.3, 0.4) is 0 Å². The number of nitrogens with one attached hydrogen (secondary N) is 1. The molecule has 0 aliphatic rings. The van der Waals surface area contributed by atoms with Crippen molar-refractivity contribution >= 4 is 17.3 Å². The summed E-state index contributed by atoms with van der Waals surface area (Å²) in [6.45, 7) is 11.5. The Morgan fingerprint density at radius 1 is 0.519 bits per heavy atom. The van der Waals surface area contributed by atoms with Crippen molar-refractivity contribution in [3.8, 4) is 0 Å². The smallest absolute Gasteiger partial charge is 0.416 e. The lowest BCUT2D eigenvalue weighted by atomic mass is 10.1. The van der Waals surface area contributed by atoms with Gasteiger partial charge in [0.25, 0.3) is 0 Å². The van der Waals surface area contributed by atoms with Gasteiger partial charge in [-0.15, -0.1) is 0 Å². The van der Waals surface area contributed by atoms with E-state index in [4.69, 9.17) is 52.1 Å². The minimum Gasteiger partial charge on any atom is -0.460 e. The molecule has 0 aliphatic heterocycles. The van der Waals surface area contributed by atoms with Crippen LogP contribution in [0.2, 0.25) is 0 Å². The maximum Gasteiger partial charge on any atom is 0.416 e. The van der Waals surface area contributed by atoms with Crippen molar-refractivity contribution in [1.82, 2.24) is 0 Å². The molecule has 0 spiro atoms. The molecule has 2 aromatic carbocycles. The summed E-state index contributed by atoms with van der Waals surface area (Å²) in [5.74, 6) is -0.628. The highest BCUT2D eigenvalue weighted by Crippen LogP contribution is 2.32. The largest absolute Gasteiger partial charge is 0.460 e. The first-order chi connectivity index (χ1) is 26.4. The van der Waals surface area contributed by atoms with Crippen molar-refractivity contribution in [2.45, 2.75) is 25.9 Å². The van der Waals surface area contributed by atoms with E-state index in [0.29, 0.717) is 125 Å². The van der Waals surface area contributed by atoms with Crippen LogP contribution in [0.15, 0.2) is 48.5 Å². The van der Waals surface area contributed by atoms with Crippen LogP contribution < -0.4 is 5.32 Å². The maximum atomic E-state index is 13.0. The third kappa shape index (κ3) is 25.2. The molecule has 0 saturated carbocycles. The van der Waals surface area contributed by atoms with Gasteiger partial charge in [0, 0.05) is 12.3 Å². The molecule has 0 saturated heterocycles. The minimum absolute atomic E-state index is 0.000851. The van der Waals surface area contributed by atoms with Crippen LogP contribution >= 0.6 is 0 Å². The Morgan fingerprint density at radius 3 is 1.31 bits per heavy atom. The van der Waals surface area contributed by atoms with E-state index < -0.39 is 17.7 Å². The van der Waals surface area contributed by atoms with Gasteiger partial charge in [-0.05, 0) is 36.8 Å². The monoisotopic (exact) mass is 777 g/mol. The normalized spacial score (nSPS) is 11.6. The van der Waals surface area contributed by atoms with Gasteiger partial charge in [0.2, 0.25) is 0 Å². The van der Waals surface area contributed by atoms with Crippen LogP contribution in [0.5, 0.6) is 0 Å². The molecule has 0 bridgehead atoms. The zero-order valence-corrected chi connectivity index (χ0v) is 31.4. The Hall–Kier alpha value is -2.90. The summed E-state index contributed by atoms with van der Waals surface area (Å²) < 4.78 is 99.0. The highest BCUT2D eigenvalue weighted by molar-refractivity contribution is 5.96. The van der Waals surface area contributed by atoms with Gasteiger partial charge in [-0.1, -0.05) is 31.5 Å². The van der Waals surface area contributed by atoms with E-state index in [-0.39, 0.29) is 24.5 Å². The second kappa shape index (κ2) is 32.4. The van der Waals surface area contributed by atoms with Gasteiger partial charge in [-0.2, -0.15) is 13.2 Å². The summed E-state index contributed by atoms with van der Waals surface area (Å²) in [6.07, 6.45) is -2.27. The lowest BCUT2D eigenvalue weighted by Gasteiger charge is -2.13. The quantitative estimate of drug-likeness (QED) is 0.0684. The average Bonchev–Trinajstić information content (AvgIpc) is 3.16. The maximum absolute atomic E-state index is 13.0. The summed E-state index contributed by atoms with van der Waals surface area (Å²) >= 11 is 0. The topological polar surface area (TPSA) is 131 Å². The number of para-hydroxylation sites is 1. The Morgan fingerprint density at radius 2 is 0.907 bits per heavy atom. The molecule has 0 unspecified atom stereocenters. The Balaban J connectivity index is 1.29. The third-order valence-corrected chi connectivity index (χ3v) is 7.07. The Kier molecular flexibility index (Phi) is 28.3. The zero-order valence-electron chi connectivity index (χ0n) is 31.4. The number of halogens is 3. The van der Waals surface area contributed by atoms with E-state index >= 15 is 0 Å². The van der Waals surface area contributed by atoms with Gasteiger partial charge < -0.3 is 57.4 Å². The molecular weight excluding hydrogens is 719 g/mol. The first kappa shape index (κ1) is 47.3. The number of rotatable bonds is 36. The number of unbranched alkanes of at least 4 members (excludes halogenated alkanes) is 1. The molecule has 2 rings (SSSR count). The van der Waals surface area contributed by atoms with E-state index in [1.165, 1.54) is 18.2 Å². The van der Waals surface area contributed by atoms with Crippen molar-refractivity contribution < 1.29 is 70.1 Å². The molecular formula is C38H58F3NO12. The predicted molar refractivity (Wildman–Crippen MR) is 195 cm³/mol. The van der Waals surface area contributed by atoms with Crippen LogP contribution in [-0.2, 0) is 58.3 Å². The Bertz CT molecular complexity index is 1190. The molecule has 0 fully saturated rings. The van der Waals surface area contributed by atoms with Crippen LogP contribution in [0.1, 0.15) is 35.7 Å². The summed E-state index contributed by atoms with van der Waals surface area (Å²) in [4.78, 5) is 12.6. The van der Waals surface area contributed by atoms with Crippen LogP contribution in [0.25, 0.3) is 0 Å². The SMILES string of the molecule is CCCCOCCOCCOCCOCCOCCOCCOCCOCCOCCOCCOC(=O)c1ccccc1Nc1cccc(C(F)(F)F)c1. The van der Waals surface area contributed by atoms with E-state index in [0.717, 1.165) is 31.6 Å².